The van der Waals surface area contributed by atoms with Crippen molar-refractivity contribution in [2.45, 2.75) is 57.5 Å². The summed E-state index contributed by atoms with van der Waals surface area (Å²) in [5.41, 5.74) is 4.05. The van der Waals surface area contributed by atoms with Crippen molar-refractivity contribution < 1.29 is 18.6 Å². The van der Waals surface area contributed by atoms with E-state index in [0.717, 1.165) is 39.1 Å². The van der Waals surface area contributed by atoms with Crippen LogP contribution in [0.4, 0.5) is 8.78 Å². The van der Waals surface area contributed by atoms with Gasteiger partial charge in [0.25, 0.3) is 0 Å². The Balaban J connectivity index is 1.49. The number of nitrogens with zero attached hydrogens (tertiary/aromatic N) is 4. The molecule has 2 aromatic heterocycles. The topological polar surface area (TPSA) is 85.1 Å². The minimum atomic E-state index is -2.90. The average molecular weight is 478 g/mol. The Morgan fingerprint density at radius 2 is 1.91 bits per heavy atom. The van der Waals surface area contributed by atoms with Crippen LogP contribution < -0.4 is 10.1 Å². The quantitative estimate of drug-likeness (QED) is 0.429. The molecule has 2 aliphatic heterocycles. The SMILES string of the molecule is CC1N[C@H]2C[C@@H](c3c(OC(F)F)cccc31)n1c2nc2ccc(-c3cnc(C(C)(C)O)nc3)cc21. The molecule has 35 heavy (non-hydrogen) atoms. The van der Waals surface area contributed by atoms with Crippen molar-refractivity contribution in [3.05, 3.63) is 71.6 Å². The molecule has 0 saturated carbocycles. The van der Waals surface area contributed by atoms with Crippen molar-refractivity contribution in [2.75, 3.05) is 0 Å². The molecule has 0 amide bonds. The lowest BCUT2D eigenvalue weighted by atomic mass is 9.95. The number of fused-ring (bicyclic) bond motifs is 9. The van der Waals surface area contributed by atoms with Crippen LogP contribution in [0, 0.1) is 0 Å². The van der Waals surface area contributed by atoms with Crippen molar-refractivity contribution in [2.24, 2.45) is 0 Å². The lowest BCUT2D eigenvalue weighted by molar-refractivity contribution is -0.0507. The lowest BCUT2D eigenvalue weighted by Crippen LogP contribution is -2.24. The van der Waals surface area contributed by atoms with Crippen LogP contribution >= 0.6 is 0 Å². The number of alkyl halides is 2. The maximum absolute atomic E-state index is 13.3. The molecule has 0 radical (unpaired) electrons. The van der Waals surface area contributed by atoms with Crippen molar-refractivity contribution in [1.29, 1.82) is 0 Å². The Bertz CT molecular complexity index is 1430. The van der Waals surface area contributed by atoms with E-state index in [9.17, 15) is 13.9 Å². The van der Waals surface area contributed by atoms with Crippen LogP contribution in [0.25, 0.3) is 22.2 Å². The maximum Gasteiger partial charge on any atom is 0.387 e. The van der Waals surface area contributed by atoms with Crippen molar-refractivity contribution >= 4 is 11.0 Å². The maximum atomic E-state index is 13.3. The summed E-state index contributed by atoms with van der Waals surface area (Å²) in [6.45, 7) is 2.42. The summed E-state index contributed by atoms with van der Waals surface area (Å²) < 4.78 is 33.7. The van der Waals surface area contributed by atoms with E-state index >= 15 is 0 Å². The normalized spacial score (nSPS) is 21.2. The highest BCUT2D eigenvalue weighted by molar-refractivity contribution is 5.83. The van der Waals surface area contributed by atoms with Crippen LogP contribution in [0.5, 0.6) is 5.75 Å². The number of aromatic nitrogens is 4. The minimum absolute atomic E-state index is 0.00736. The van der Waals surface area contributed by atoms with Crippen molar-refractivity contribution in [3.8, 4) is 16.9 Å². The van der Waals surface area contributed by atoms with Crippen LogP contribution in [0.15, 0.2) is 48.8 Å². The molecule has 3 atom stereocenters. The second-order valence-corrected chi connectivity index (χ2v) is 9.73. The molecule has 4 heterocycles. The molecule has 6 rings (SSSR count). The first-order valence-corrected chi connectivity index (χ1v) is 11.6. The Labute approximate surface area is 200 Å². The van der Waals surface area contributed by atoms with Crippen molar-refractivity contribution in [1.82, 2.24) is 24.8 Å². The van der Waals surface area contributed by atoms with Gasteiger partial charge in [-0.05, 0) is 56.5 Å². The zero-order chi connectivity index (χ0) is 24.5. The summed E-state index contributed by atoms with van der Waals surface area (Å²) in [4.78, 5) is 13.6. The van der Waals surface area contributed by atoms with E-state index in [2.05, 4.69) is 19.9 Å². The molecule has 2 aliphatic rings. The van der Waals surface area contributed by atoms with E-state index in [-0.39, 0.29) is 23.9 Å². The highest BCUT2D eigenvalue weighted by Crippen LogP contribution is 2.49. The molecule has 2 aromatic carbocycles. The number of imidazole rings is 1. The number of hydrogen-bond acceptors (Lipinski definition) is 6. The number of hydrogen-bond donors (Lipinski definition) is 2. The summed E-state index contributed by atoms with van der Waals surface area (Å²) in [7, 11) is 0. The van der Waals surface area contributed by atoms with Gasteiger partial charge in [-0.15, -0.1) is 0 Å². The summed E-state index contributed by atoms with van der Waals surface area (Å²) in [6, 6.07) is 11.1. The highest BCUT2D eigenvalue weighted by atomic mass is 19.3. The largest absolute Gasteiger partial charge is 0.434 e. The Kier molecular flexibility index (Phi) is 4.91. The van der Waals surface area contributed by atoms with Crippen LogP contribution in [0.3, 0.4) is 0 Å². The van der Waals surface area contributed by atoms with Gasteiger partial charge in [0.1, 0.15) is 17.2 Å². The van der Waals surface area contributed by atoms with Gasteiger partial charge in [-0.3, -0.25) is 0 Å². The molecule has 0 saturated heterocycles. The van der Waals surface area contributed by atoms with Crippen LogP contribution in [0.2, 0.25) is 0 Å². The predicted molar refractivity (Wildman–Crippen MR) is 126 cm³/mol. The van der Waals surface area contributed by atoms with Gasteiger partial charge in [-0.25, -0.2) is 15.0 Å². The van der Waals surface area contributed by atoms with Gasteiger partial charge in [-0.2, -0.15) is 8.78 Å². The molecule has 0 aliphatic carbocycles. The Morgan fingerprint density at radius 1 is 1.14 bits per heavy atom. The van der Waals surface area contributed by atoms with Gasteiger partial charge in [0.05, 0.1) is 23.1 Å². The fourth-order valence-corrected chi connectivity index (χ4v) is 5.37. The summed E-state index contributed by atoms with van der Waals surface area (Å²) >= 11 is 0. The van der Waals surface area contributed by atoms with Crippen LogP contribution in [-0.2, 0) is 5.60 Å². The Hall–Kier alpha value is -3.43. The second kappa shape index (κ2) is 7.79. The smallest absolute Gasteiger partial charge is 0.387 e. The van der Waals surface area contributed by atoms with Gasteiger partial charge >= 0.3 is 6.61 Å². The van der Waals surface area contributed by atoms with E-state index in [1.807, 2.05) is 31.2 Å². The standard InChI is InChI=1S/C26H25F2N5O2/c1-13-16-5-4-6-21(35-25(27)28)22(16)20-10-18(31-13)23-32-17-8-7-14(9-19(17)33(20)23)15-11-29-24(30-12-15)26(2,3)34/h4-9,11-13,18,20,25,31,34H,10H2,1-3H3/t13?,18-,20-/m0/s1. The molecule has 2 bridgehead atoms. The molecular formula is C26H25F2N5O2. The van der Waals surface area contributed by atoms with E-state index in [0.29, 0.717) is 12.2 Å². The summed E-state index contributed by atoms with van der Waals surface area (Å²) in [6.07, 6.45) is 4.09. The molecule has 2 N–H and O–H groups in total. The molecule has 180 valence electrons. The average Bonchev–Trinajstić information content (AvgIpc) is 3.30. The van der Waals surface area contributed by atoms with Crippen LogP contribution in [-0.4, -0.2) is 31.2 Å². The van der Waals surface area contributed by atoms with E-state index in [1.54, 1.807) is 38.4 Å². The van der Waals surface area contributed by atoms with Gasteiger partial charge < -0.3 is 19.7 Å². The fourth-order valence-electron chi connectivity index (χ4n) is 5.37. The first kappa shape index (κ1) is 22.1. The van der Waals surface area contributed by atoms with Crippen molar-refractivity contribution in [3.63, 3.8) is 0 Å². The number of benzene rings is 2. The third-order valence-electron chi connectivity index (χ3n) is 6.90. The van der Waals surface area contributed by atoms with E-state index < -0.39 is 12.2 Å². The number of halogens is 2. The van der Waals surface area contributed by atoms with E-state index in [4.69, 9.17) is 9.72 Å². The number of aliphatic hydroxyl groups is 1. The minimum Gasteiger partial charge on any atom is -0.434 e. The third-order valence-corrected chi connectivity index (χ3v) is 6.90. The second-order valence-electron chi connectivity index (χ2n) is 9.73. The molecule has 0 fully saturated rings. The highest BCUT2D eigenvalue weighted by Gasteiger charge is 2.41. The van der Waals surface area contributed by atoms with Gasteiger partial charge in [-0.1, -0.05) is 18.2 Å². The molecular weight excluding hydrogens is 452 g/mol. The van der Waals surface area contributed by atoms with Gasteiger partial charge in [0.2, 0.25) is 0 Å². The first-order chi connectivity index (χ1) is 16.7. The summed E-state index contributed by atoms with van der Waals surface area (Å²) in [5.74, 6) is 1.44. The fraction of sp³-hybridized carbons (Fsp3) is 0.346. The molecule has 9 heteroatoms. The summed E-state index contributed by atoms with van der Waals surface area (Å²) in [5, 5.41) is 13.8. The molecule has 4 aromatic rings. The van der Waals surface area contributed by atoms with Gasteiger partial charge in [0, 0.05) is 29.6 Å². The zero-order valence-electron chi connectivity index (χ0n) is 19.5. The van der Waals surface area contributed by atoms with Gasteiger partial charge in [0.15, 0.2) is 5.82 Å². The third kappa shape index (κ3) is 3.57. The zero-order valence-corrected chi connectivity index (χ0v) is 19.5. The number of rotatable bonds is 4. The molecule has 0 spiro atoms. The van der Waals surface area contributed by atoms with E-state index in [1.165, 1.54) is 0 Å². The Morgan fingerprint density at radius 3 is 2.63 bits per heavy atom. The number of nitrogens with one attached hydrogen (secondary N) is 1. The lowest BCUT2D eigenvalue weighted by Gasteiger charge is -2.25. The molecule has 1 unspecified atom stereocenters. The monoisotopic (exact) mass is 477 g/mol. The van der Waals surface area contributed by atoms with Crippen LogP contribution in [0.1, 0.15) is 68.1 Å². The molecule has 7 nitrogen and oxygen atoms in total. The first-order valence-electron chi connectivity index (χ1n) is 11.6. The predicted octanol–water partition coefficient (Wildman–Crippen LogP) is 5.02. The number of ether oxygens (including phenoxy) is 1.